The predicted molar refractivity (Wildman–Crippen MR) is 160 cm³/mol. The monoisotopic (exact) mass is 561 g/mol. The van der Waals surface area contributed by atoms with Gasteiger partial charge in [-0.2, -0.15) is 0 Å². The molecule has 0 bridgehead atoms. The zero-order valence-corrected chi connectivity index (χ0v) is 24.3. The van der Waals surface area contributed by atoms with Gasteiger partial charge in [0.1, 0.15) is 10.8 Å². The topological polar surface area (TPSA) is 88.2 Å². The van der Waals surface area contributed by atoms with Gasteiger partial charge in [-0.15, -0.1) is 11.3 Å². The molecule has 1 fully saturated rings. The Labute approximate surface area is 236 Å². The van der Waals surface area contributed by atoms with Gasteiger partial charge in [-0.05, 0) is 101 Å². The van der Waals surface area contributed by atoms with E-state index in [1.165, 1.54) is 18.4 Å². The highest BCUT2D eigenvalue weighted by Gasteiger charge is 2.27. The molecule has 0 atom stereocenters. The SMILES string of the molecule is CC(C)(C)O.Cc1cc2nc(-c3ccc4c(c3)nc(C)n4C3CC3)sc2c(-c2ccc(Cl)cc2)c1CC(=O)O. The fraction of sp³-hybridized carbons (Fsp3) is 0.323. The van der Waals surface area contributed by atoms with Crippen LogP contribution in [0.2, 0.25) is 5.02 Å². The van der Waals surface area contributed by atoms with Crippen molar-refractivity contribution in [2.45, 2.75) is 65.5 Å². The molecule has 3 aromatic carbocycles. The summed E-state index contributed by atoms with van der Waals surface area (Å²) in [5.41, 5.74) is 7.16. The van der Waals surface area contributed by atoms with E-state index >= 15 is 0 Å². The van der Waals surface area contributed by atoms with E-state index in [4.69, 9.17) is 26.7 Å². The van der Waals surface area contributed by atoms with Crippen molar-refractivity contribution in [3.63, 3.8) is 0 Å². The lowest BCUT2D eigenvalue weighted by atomic mass is 9.93. The third-order valence-corrected chi connectivity index (χ3v) is 7.89. The van der Waals surface area contributed by atoms with Crippen molar-refractivity contribution in [2.75, 3.05) is 0 Å². The van der Waals surface area contributed by atoms with Crippen molar-refractivity contribution in [1.82, 2.24) is 14.5 Å². The molecule has 1 aliphatic carbocycles. The molecule has 8 heteroatoms. The van der Waals surface area contributed by atoms with E-state index < -0.39 is 11.6 Å². The van der Waals surface area contributed by atoms with Crippen molar-refractivity contribution < 1.29 is 15.0 Å². The molecule has 0 amide bonds. The van der Waals surface area contributed by atoms with Gasteiger partial charge < -0.3 is 14.8 Å². The molecule has 5 aromatic rings. The molecular formula is C31H32ClN3O3S. The number of aliphatic carboxylic acids is 1. The van der Waals surface area contributed by atoms with Gasteiger partial charge in [-0.1, -0.05) is 23.7 Å². The zero-order chi connectivity index (χ0) is 28.1. The number of benzene rings is 3. The van der Waals surface area contributed by atoms with Crippen LogP contribution in [0.5, 0.6) is 0 Å². The molecule has 0 unspecified atom stereocenters. The molecule has 1 aliphatic rings. The summed E-state index contributed by atoms with van der Waals surface area (Å²) in [4.78, 5) is 21.5. The standard InChI is InChI=1S/C27H22ClN3O2S.C4H10O/c1-14-11-22-26(25(20(14)13-24(32)33)16-3-6-18(28)7-4-16)34-27(30-22)17-5-10-23-21(12-17)29-15(2)31(23)19-8-9-19;1-4(2,3)5/h3-7,10-12,19H,8-9,13H2,1-2H3,(H,32,33);5H,1-3H3. The number of fused-ring (bicyclic) bond motifs is 2. The molecule has 0 saturated heterocycles. The number of hydrogen-bond acceptors (Lipinski definition) is 5. The number of hydrogen-bond donors (Lipinski definition) is 2. The Hall–Kier alpha value is -3.26. The summed E-state index contributed by atoms with van der Waals surface area (Å²) in [5.74, 6) is 0.201. The maximum absolute atomic E-state index is 11.7. The van der Waals surface area contributed by atoms with Gasteiger partial charge in [0, 0.05) is 22.2 Å². The fourth-order valence-corrected chi connectivity index (χ4v) is 6.07. The largest absolute Gasteiger partial charge is 0.481 e. The summed E-state index contributed by atoms with van der Waals surface area (Å²) in [7, 11) is 0. The van der Waals surface area contributed by atoms with Crippen molar-refractivity contribution in [3.8, 4) is 21.7 Å². The first-order chi connectivity index (χ1) is 18.4. The van der Waals surface area contributed by atoms with Crippen LogP contribution in [0, 0.1) is 13.8 Å². The van der Waals surface area contributed by atoms with Crippen molar-refractivity contribution >= 4 is 50.2 Å². The maximum atomic E-state index is 11.7. The van der Waals surface area contributed by atoms with Crippen LogP contribution in [0.4, 0.5) is 0 Å². The van der Waals surface area contributed by atoms with E-state index in [2.05, 4.69) is 29.7 Å². The second-order valence-electron chi connectivity index (χ2n) is 11.1. The summed E-state index contributed by atoms with van der Waals surface area (Å²) in [6.07, 6.45) is 2.39. The van der Waals surface area contributed by atoms with E-state index in [0.29, 0.717) is 11.1 Å². The number of halogens is 1. The number of carboxylic acid groups (broad SMARTS) is 1. The number of thiazole rings is 1. The first-order valence-electron chi connectivity index (χ1n) is 13.0. The van der Waals surface area contributed by atoms with Crippen LogP contribution in [0.15, 0.2) is 48.5 Å². The molecule has 0 aliphatic heterocycles. The van der Waals surface area contributed by atoms with Gasteiger partial charge in [0.2, 0.25) is 0 Å². The number of aromatic nitrogens is 3. The molecule has 6 nitrogen and oxygen atoms in total. The van der Waals surface area contributed by atoms with Gasteiger partial charge in [0.25, 0.3) is 0 Å². The number of nitrogens with zero attached hydrogens (tertiary/aromatic N) is 3. The van der Waals surface area contributed by atoms with Gasteiger partial charge in [-0.25, -0.2) is 9.97 Å². The number of imidazole rings is 1. The lowest BCUT2D eigenvalue weighted by Crippen LogP contribution is -2.10. The van der Waals surface area contributed by atoms with Gasteiger partial charge in [0.05, 0.1) is 33.3 Å². The average Bonchev–Trinajstić information content (AvgIpc) is 3.49. The van der Waals surface area contributed by atoms with Crippen LogP contribution in [0.3, 0.4) is 0 Å². The summed E-state index contributed by atoms with van der Waals surface area (Å²) < 4.78 is 3.33. The molecule has 0 spiro atoms. The Morgan fingerprint density at radius 1 is 1.03 bits per heavy atom. The van der Waals surface area contributed by atoms with Crippen molar-refractivity contribution in [2.24, 2.45) is 0 Å². The van der Waals surface area contributed by atoms with E-state index in [0.717, 1.165) is 54.4 Å². The molecular weight excluding hydrogens is 530 g/mol. The Kier molecular flexibility index (Phi) is 7.27. The minimum absolute atomic E-state index is 0.0448. The van der Waals surface area contributed by atoms with E-state index in [-0.39, 0.29) is 6.42 Å². The number of carboxylic acids is 1. The van der Waals surface area contributed by atoms with Gasteiger partial charge >= 0.3 is 5.97 Å². The number of aliphatic hydroxyl groups is 1. The lowest BCUT2D eigenvalue weighted by molar-refractivity contribution is -0.136. The van der Waals surface area contributed by atoms with Crippen LogP contribution < -0.4 is 0 Å². The first kappa shape index (κ1) is 27.3. The van der Waals surface area contributed by atoms with Crippen molar-refractivity contribution in [1.29, 1.82) is 0 Å². The Bertz CT molecular complexity index is 1690. The zero-order valence-electron chi connectivity index (χ0n) is 22.7. The summed E-state index contributed by atoms with van der Waals surface area (Å²) in [5, 5.41) is 19.7. The molecule has 39 heavy (non-hydrogen) atoms. The highest BCUT2D eigenvalue weighted by Crippen LogP contribution is 2.42. The molecule has 2 heterocycles. The van der Waals surface area contributed by atoms with Crippen LogP contribution in [-0.2, 0) is 11.2 Å². The second-order valence-corrected chi connectivity index (χ2v) is 12.6. The molecule has 6 rings (SSSR count). The summed E-state index contributed by atoms with van der Waals surface area (Å²) in [6, 6.07) is 16.5. The fourth-order valence-electron chi connectivity index (χ4n) is 4.81. The van der Waals surface area contributed by atoms with Gasteiger partial charge in [-0.3, -0.25) is 4.79 Å². The number of carbonyl (C=O) groups is 1. The van der Waals surface area contributed by atoms with Crippen LogP contribution in [0.25, 0.3) is 42.9 Å². The highest BCUT2D eigenvalue weighted by molar-refractivity contribution is 7.22. The van der Waals surface area contributed by atoms with Crippen molar-refractivity contribution in [3.05, 3.63) is 70.5 Å². The normalized spacial score (nSPS) is 13.5. The lowest BCUT2D eigenvalue weighted by Gasteiger charge is -2.13. The Morgan fingerprint density at radius 3 is 2.28 bits per heavy atom. The highest BCUT2D eigenvalue weighted by atomic mass is 35.5. The first-order valence-corrected chi connectivity index (χ1v) is 14.2. The minimum atomic E-state index is -0.852. The molecule has 2 aromatic heterocycles. The Morgan fingerprint density at radius 2 is 1.67 bits per heavy atom. The van der Waals surface area contributed by atoms with E-state index in [1.807, 2.05) is 37.3 Å². The molecule has 1 saturated carbocycles. The summed E-state index contributed by atoms with van der Waals surface area (Å²) in [6.45, 7) is 9.25. The third kappa shape index (κ3) is 6.01. The molecule has 2 N–H and O–H groups in total. The predicted octanol–water partition coefficient (Wildman–Crippen LogP) is 7.99. The maximum Gasteiger partial charge on any atom is 0.307 e. The van der Waals surface area contributed by atoms with Crippen LogP contribution >= 0.6 is 22.9 Å². The number of rotatable bonds is 5. The summed E-state index contributed by atoms with van der Waals surface area (Å²) >= 11 is 7.72. The minimum Gasteiger partial charge on any atom is -0.481 e. The molecule has 0 radical (unpaired) electrons. The van der Waals surface area contributed by atoms with E-state index in [9.17, 15) is 9.90 Å². The van der Waals surface area contributed by atoms with Gasteiger partial charge in [0.15, 0.2) is 0 Å². The van der Waals surface area contributed by atoms with Crippen LogP contribution in [0.1, 0.15) is 56.6 Å². The quantitative estimate of drug-likeness (QED) is 0.227. The van der Waals surface area contributed by atoms with E-state index in [1.54, 1.807) is 32.1 Å². The Balaban J connectivity index is 0.000000567. The van der Waals surface area contributed by atoms with Crippen LogP contribution in [-0.4, -0.2) is 36.3 Å². The smallest absolute Gasteiger partial charge is 0.307 e. The average molecular weight is 562 g/mol. The molecule has 202 valence electrons. The number of aryl methyl sites for hydroxylation is 2. The third-order valence-electron chi connectivity index (χ3n) is 6.50. The second kappa shape index (κ2) is 10.4.